The molecule has 1 unspecified atom stereocenters. The van der Waals surface area contributed by atoms with Crippen molar-refractivity contribution in [3.8, 4) is 0 Å². The number of allylic oxidation sites excluding steroid dienone is 2. The van der Waals surface area contributed by atoms with Gasteiger partial charge in [-0.1, -0.05) is 95.9 Å². The van der Waals surface area contributed by atoms with Gasteiger partial charge in [-0.15, -0.1) is 0 Å². The number of aliphatic hydroxyl groups is 3. The van der Waals surface area contributed by atoms with Crippen LogP contribution >= 0.6 is 7.82 Å². The molecule has 0 bridgehead atoms. The minimum absolute atomic E-state index is 0.0384. The van der Waals surface area contributed by atoms with E-state index in [0.717, 1.165) is 82.1 Å². The van der Waals surface area contributed by atoms with Crippen molar-refractivity contribution in [2.45, 2.75) is 187 Å². The summed E-state index contributed by atoms with van der Waals surface area (Å²) in [4.78, 5) is 38.0. The zero-order chi connectivity index (χ0) is 46.0. The lowest BCUT2D eigenvalue weighted by molar-refractivity contribution is -0.870. The number of unbranched alkanes of at least 4 members (excludes halogenated alkanes) is 10. The molecular weight excluding hydrogens is 813 g/mol. The molecule has 1 heterocycles. The number of aliphatic hydroxyl groups excluding tert-OH is 3. The number of furan rings is 1. The van der Waals surface area contributed by atoms with Gasteiger partial charge >= 0.3 is 11.9 Å². The Balaban J connectivity index is 1.78. The van der Waals surface area contributed by atoms with Gasteiger partial charge in [-0.25, -0.2) is 0 Å². The normalized spacial score (nSPS) is 20.2. The third-order valence-corrected chi connectivity index (χ3v) is 12.7. The Bertz CT molecular complexity index is 1500. The molecule has 1 fully saturated rings. The van der Waals surface area contributed by atoms with Crippen LogP contribution in [0.3, 0.4) is 0 Å². The number of phosphoric ester groups is 1. The standard InChI is InChI=1S/C48H84NO12P/c1-8-10-18-24-39(50)30-31-42-41(43(51)34-44(42)52)25-20-16-17-23-29-48(54)60-40(36-59-62(55,56)58-33-32-49(5,6)7)35-57-47(53)28-22-15-13-12-14-21-27-46-38(4)37(3)45(61-46)26-19-11-9-2/h16,20,30-31,39-44,50-52H,8-15,17-19,21-29,32-36H2,1-7H3/b20-16+,31-30+/t39-,40+,41+,42+,43-,44+/m0/s1. The van der Waals surface area contributed by atoms with E-state index in [9.17, 15) is 34.4 Å². The molecule has 3 N–H and O–H groups in total. The fourth-order valence-electron chi connectivity index (χ4n) is 7.65. The molecule has 7 atom stereocenters. The molecule has 0 amide bonds. The van der Waals surface area contributed by atoms with Gasteiger partial charge in [0.1, 0.15) is 31.3 Å². The second-order valence-electron chi connectivity index (χ2n) is 18.3. The average molecular weight is 898 g/mol. The quantitative estimate of drug-likeness (QED) is 0.0194. The molecule has 13 nitrogen and oxygen atoms in total. The zero-order valence-electron chi connectivity index (χ0n) is 39.4. The monoisotopic (exact) mass is 898 g/mol. The molecule has 0 spiro atoms. The Kier molecular flexibility index (Phi) is 27.6. The topological polar surface area (TPSA) is 185 Å². The molecule has 0 aliphatic heterocycles. The highest BCUT2D eigenvalue weighted by Gasteiger charge is 2.39. The summed E-state index contributed by atoms with van der Waals surface area (Å²) in [6, 6.07) is 0. The van der Waals surface area contributed by atoms with Gasteiger partial charge in [-0.2, -0.15) is 0 Å². The Labute approximate surface area is 373 Å². The number of ether oxygens (including phenoxy) is 2. The van der Waals surface area contributed by atoms with E-state index < -0.39 is 50.8 Å². The van der Waals surface area contributed by atoms with Gasteiger partial charge in [0, 0.05) is 38.0 Å². The average Bonchev–Trinajstić information content (AvgIpc) is 3.63. The number of carbonyl (C=O) groups excluding carboxylic acids is 2. The van der Waals surface area contributed by atoms with Crippen LogP contribution in [0.2, 0.25) is 0 Å². The smallest absolute Gasteiger partial charge is 0.306 e. The number of nitrogens with zero attached hydrogens (tertiary/aromatic N) is 1. The van der Waals surface area contributed by atoms with E-state index >= 15 is 0 Å². The van der Waals surface area contributed by atoms with E-state index in [1.807, 2.05) is 39.4 Å². The molecule has 0 saturated heterocycles. The van der Waals surface area contributed by atoms with Crippen molar-refractivity contribution in [1.29, 1.82) is 0 Å². The number of hydrogen-bond acceptors (Lipinski definition) is 12. The minimum Gasteiger partial charge on any atom is -0.756 e. The largest absolute Gasteiger partial charge is 0.756 e. The Morgan fingerprint density at radius 1 is 0.823 bits per heavy atom. The number of carbonyl (C=O) groups is 2. The van der Waals surface area contributed by atoms with Crippen LogP contribution in [-0.2, 0) is 45.5 Å². The third-order valence-electron chi connectivity index (χ3n) is 11.7. The third kappa shape index (κ3) is 24.1. The van der Waals surface area contributed by atoms with Crippen LogP contribution in [0.4, 0.5) is 0 Å². The summed E-state index contributed by atoms with van der Waals surface area (Å²) in [6.07, 6.45) is 21.4. The number of esters is 2. The molecule has 1 aromatic heterocycles. The molecule has 1 aliphatic carbocycles. The Morgan fingerprint density at radius 3 is 2.10 bits per heavy atom. The van der Waals surface area contributed by atoms with Crippen LogP contribution < -0.4 is 4.89 Å². The first-order chi connectivity index (χ1) is 29.5. The molecule has 1 aliphatic rings. The van der Waals surface area contributed by atoms with Gasteiger partial charge in [-0.05, 0) is 75.8 Å². The van der Waals surface area contributed by atoms with E-state index in [1.54, 1.807) is 6.08 Å². The highest BCUT2D eigenvalue weighted by Crippen LogP contribution is 2.39. The summed E-state index contributed by atoms with van der Waals surface area (Å²) in [6.45, 7) is 8.07. The summed E-state index contributed by atoms with van der Waals surface area (Å²) in [5, 5.41) is 31.4. The SMILES string of the molecule is CCCCCc1oc(CCCCCCCCC(=O)OC[C@H](COP(=O)([O-])OCC[N+](C)(C)C)OC(=O)CCC/C=C/C[C@@H]2[C@@H](/C=C/[C@@H](O)CCCCC)[C@H](O)C[C@@H]2O)c(C)c1C. The van der Waals surface area contributed by atoms with Crippen LogP contribution in [0.5, 0.6) is 0 Å². The van der Waals surface area contributed by atoms with Crippen LogP contribution in [-0.4, -0.2) is 104 Å². The fraction of sp³-hybridized carbons (Fsp3) is 0.792. The highest BCUT2D eigenvalue weighted by molar-refractivity contribution is 7.45. The molecule has 0 radical (unpaired) electrons. The maximum absolute atomic E-state index is 12.8. The van der Waals surface area contributed by atoms with Crippen molar-refractivity contribution in [2.75, 3.05) is 47.5 Å². The molecule has 62 heavy (non-hydrogen) atoms. The van der Waals surface area contributed by atoms with E-state index in [4.69, 9.17) is 22.9 Å². The van der Waals surface area contributed by atoms with Gasteiger partial charge in [-0.3, -0.25) is 14.2 Å². The zero-order valence-corrected chi connectivity index (χ0v) is 40.3. The lowest BCUT2D eigenvalue weighted by Crippen LogP contribution is -2.37. The van der Waals surface area contributed by atoms with Crippen molar-refractivity contribution < 1.29 is 61.8 Å². The number of likely N-dealkylation sites (N-methyl/N-ethyl adjacent to an activating group) is 1. The van der Waals surface area contributed by atoms with Gasteiger partial charge in [0.15, 0.2) is 6.10 Å². The molecule has 1 saturated carbocycles. The lowest BCUT2D eigenvalue weighted by Gasteiger charge is -2.28. The molecule has 14 heteroatoms. The van der Waals surface area contributed by atoms with Crippen molar-refractivity contribution in [3.63, 3.8) is 0 Å². The summed E-state index contributed by atoms with van der Waals surface area (Å²) >= 11 is 0. The van der Waals surface area contributed by atoms with Crippen molar-refractivity contribution >= 4 is 19.8 Å². The van der Waals surface area contributed by atoms with Crippen LogP contribution in [0.15, 0.2) is 28.7 Å². The number of quaternary nitrogens is 1. The maximum atomic E-state index is 12.8. The number of phosphoric acid groups is 1. The lowest BCUT2D eigenvalue weighted by atomic mass is 9.89. The van der Waals surface area contributed by atoms with Gasteiger partial charge in [0.2, 0.25) is 0 Å². The summed E-state index contributed by atoms with van der Waals surface area (Å²) in [7, 11) is 0.990. The van der Waals surface area contributed by atoms with Crippen molar-refractivity contribution in [1.82, 2.24) is 0 Å². The Hall–Kier alpha value is -2.35. The number of aryl methyl sites for hydroxylation is 2. The van der Waals surface area contributed by atoms with Crippen LogP contribution in [0, 0.1) is 25.7 Å². The summed E-state index contributed by atoms with van der Waals surface area (Å²) in [5.41, 5.74) is 2.57. The molecule has 2 rings (SSSR count). The first-order valence-electron chi connectivity index (χ1n) is 23.7. The van der Waals surface area contributed by atoms with Crippen LogP contribution in [0.25, 0.3) is 0 Å². The predicted octanol–water partition coefficient (Wildman–Crippen LogP) is 8.54. The van der Waals surface area contributed by atoms with E-state index in [0.29, 0.717) is 43.1 Å². The predicted molar refractivity (Wildman–Crippen MR) is 241 cm³/mol. The van der Waals surface area contributed by atoms with E-state index in [1.165, 1.54) is 24.0 Å². The molecule has 1 aromatic rings. The number of hydrogen-bond donors (Lipinski definition) is 3. The Morgan fingerprint density at radius 2 is 1.44 bits per heavy atom. The van der Waals surface area contributed by atoms with Gasteiger partial charge in [0.25, 0.3) is 7.82 Å². The maximum Gasteiger partial charge on any atom is 0.306 e. The molecule has 0 aromatic carbocycles. The first kappa shape index (κ1) is 55.8. The van der Waals surface area contributed by atoms with Gasteiger partial charge < -0.3 is 47.6 Å². The fourth-order valence-corrected chi connectivity index (χ4v) is 8.38. The van der Waals surface area contributed by atoms with Crippen molar-refractivity contribution in [3.05, 3.63) is 47.0 Å². The highest BCUT2D eigenvalue weighted by atomic mass is 31.2. The summed E-state index contributed by atoms with van der Waals surface area (Å²) < 4.78 is 40.2. The van der Waals surface area contributed by atoms with E-state index in [-0.39, 0.29) is 44.3 Å². The number of rotatable bonds is 35. The summed E-state index contributed by atoms with van der Waals surface area (Å²) in [5.74, 6) is 0.749. The molecule has 358 valence electrons. The van der Waals surface area contributed by atoms with Gasteiger partial charge in [0.05, 0.1) is 46.1 Å². The molecular formula is C48H84NO12P. The van der Waals surface area contributed by atoms with Crippen molar-refractivity contribution in [2.24, 2.45) is 11.8 Å². The van der Waals surface area contributed by atoms with E-state index in [2.05, 4.69) is 27.7 Å². The van der Waals surface area contributed by atoms with Crippen LogP contribution in [0.1, 0.15) is 158 Å². The first-order valence-corrected chi connectivity index (χ1v) is 25.1. The second kappa shape index (κ2) is 30.7. The second-order valence-corrected chi connectivity index (χ2v) is 19.7. The minimum atomic E-state index is -4.71.